The molecule has 18 heavy (non-hydrogen) atoms. The van der Waals surface area contributed by atoms with Crippen LogP contribution in [0.25, 0.3) is 22.4 Å². The second-order valence-electron chi connectivity index (χ2n) is 3.60. The van der Waals surface area contributed by atoms with E-state index < -0.39 is 5.76 Å². The fraction of sp³-hybridized carbons (Fsp3) is 0. The van der Waals surface area contributed by atoms with E-state index in [1.807, 2.05) is 6.07 Å². The summed E-state index contributed by atoms with van der Waals surface area (Å²) in [6.07, 6.45) is 1.52. The molecular weight excluding hydrogens is 232 g/mol. The average molecular weight is 238 g/mol. The number of oxazole rings is 1. The number of aromatic nitrogens is 3. The molecule has 0 saturated heterocycles. The highest BCUT2D eigenvalue weighted by atomic mass is 16.4. The first-order chi connectivity index (χ1) is 8.76. The summed E-state index contributed by atoms with van der Waals surface area (Å²) in [5.41, 5.74) is 2.47. The third kappa shape index (κ3) is 1.64. The van der Waals surface area contributed by atoms with E-state index in [-0.39, 0.29) is 5.82 Å². The van der Waals surface area contributed by atoms with E-state index in [4.69, 9.17) is 9.68 Å². The number of hydrogen-bond donors (Lipinski definition) is 1. The number of benzene rings is 1. The van der Waals surface area contributed by atoms with Crippen molar-refractivity contribution >= 4 is 11.1 Å². The first-order valence-corrected chi connectivity index (χ1v) is 5.13. The maximum Gasteiger partial charge on any atom is 0.417 e. The molecule has 3 rings (SSSR count). The predicted octanol–water partition coefficient (Wildman–Crippen LogP) is 1.45. The maximum absolute atomic E-state index is 11.0. The number of aromatic amines is 1. The Kier molecular flexibility index (Phi) is 2.17. The van der Waals surface area contributed by atoms with Crippen molar-refractivity contribution in [2.24, 2.45) is 0 Å². The van der Waals surface area contributed by atoms with E-state index >= 15 is 0 Å². The van der Waals surface area contributed by atoms with E-state index in [1.165, 1.54) is 6.20 Å². The summed E-state index contributed by atoms with van der Waals surface area (Å²) in [5.74, 6) is -0.393. The quantitative estimate of drug-likeness (QED) is 0.692. The van der Waals surface area contributed by atoms with Crippen molar-refractivity contribution in [3.05, 3.63) is 46.8 Å². The SMILES string of the molecule is N#Cc1nccc(-c2ccc3oc(=O)[nH]c3c2)n1. The highest BCUT2D eigenvalue weighted by Gasteiger charge is 2.05. The largest absolute Gasteiger partial charge is 0.417 e. The fourth-order valence-electron chi connectivity index (χ4n) is 1.68. The summed E-state index contributed by atoms with van der Waals surface area (Å²) in [5, 5.41) is 8.75. The lowest BCUT2D eigenvalue weighted by molar-refractivity contribution is 0.555. The smallest absolute Gasteiger partial charge is 0.408 e. The normalized spacial score (nSPS) is 10.4. The van der Waals surface area contributed by atoms with Crippen LogP contribution in [-0.2, 0) is 0 Å². The van der Waals surface area contributed by atoms with Gasteiger partial charge in [0.2, 0.25) is 5.82 Å². The van der Waals surface area contributed by atoms with Gasteiger partial charge < -0.3 is 4.42 Å². The topological polar surface area (TPSA) is 95.6 Å². The molecule has 0 spiro atoms. The minimum Gasteiger partial charge on any atom is -0.408 e. The first kappa shape index (κ1) is 10.2. The van der Waals surface area contributed by atoms with Crippen molar-refractivity contribution < 1.29 is 4.42 Å². The van der Waals surface area contributed by atoms with Crippen LogP contribution in [-0.4, -0.2) is 15.0 Å². The van der Waals surface area contributed by atoms with Crippen molar-refractivity contribution in [1.82, 2.24) is 15.0 Å². The third-order valence-corrected chi connectivity index (χ3v) is 2.47. The molecule has 0 unspecified atom stereocenters. The molecule has 6 heteroatoms. The van der Waals surface area contributed by atoms with Gasteiger partial charge in [-0.2, -0.15) is 5.26 Å². The highest BCUT2D eigenvalue weighted by Crippen LogP contribution is 2.20. The zero-order valence-electron chi connectivity index (χ0n) is 9.04. The summed E-state index contributed by atoms with van der Waals surface area (Å²) in [4.78, 5) is 21.5. The molecule has 2 heterocycles. The Bertz CT molecular complexity index is 826. The Morgan fingerprint density at radius 3 is 3.06 bits per heavy atom. The van der Waals surface area contributed by atoms with E-state index in [0.29, 0.717) is 16.8 Å². The Morgan fingerprint density at radius 2 is 2.22 bits per heavy atom. The van der Waals surface area contributed by atoms with Gasteiger partial charge in [0.15, 0.2) is 5.58 Å². The van der Waals surface area contributed by atoms with Gasteiger partial charge >= 0.3 is 5.76 Å². The second kappa shape index (κ2) is 3.82. The monoisotopic (exact) mass is 238 g/mol. The molecule has 6 nitrogen and oxygen atoms in total. The molecule has 0 fully saturated rings. The maximum atomic E-state index is 11.0. The summed E-state index contributed by atoms with van der Waals surface area (Å²) in [6.45, 7) is 0. The van der Waals surface area contributed by atoms with E-state index in [0.717, 1.165) is 5.56 Å². The molecule has 1 N–H and O–H groups in total. The number of nitriles is 1. The van der Waals surface area contributed by atoms with Gasteiger partial charge in [-0.05, 0) is 24.3 Å². The Labute approximate surface area is 101 Å². The van der Waals surface area contributed by atoms with Crippen molar-refractivity contribution in [1.29, 1.82) is 5.26 Å². The van der Waals surface area contributed by atoms with Gasteiger partial charge in [0.1, 0.15) is 6.07 Å². The summed E-state index contributed by atoms with van der Waals surface area (Å²) in [6, 6.07) is 8.76. The number of fused-ring (bicyclic) bond motifs is 1. The minimum absolute atomic E-state index is 0.105. The molecule has 0 aliphatic heterocycles. The average Bonchev–Trinajstić information content (AvgIpc) is 2.77. The van der Waals surface area contributed by atoms with Crippen molar-refractivity contribution in [2.45, 2.75) is 0 Å². The van der Waals surface area contributed by atoms with Crippen LogP contribution in [0.15, 0.2) is 39.7 Å². The molecule has 0 radical (unpaired) electrons. The zero-order valence-corrected chi connectivity index (χ0v) is 9.04. The van der Waals surface area contributed by atoms with Crippen LogP contribution < -0.4 is 5.76 Å². The number of H-pyrrole nitrogens is 1. The summed E-state index contributed by atoms with van der Waals surface area (Å²) < 4.78 is 4.91. The Morgan fingerprint density at radius 1 is 1.33 bits per heavy atom. The number of rotatable bonds is 1. The van der Waals surface area contributed by atoms with Crippen LogP contribution in [0.5, 0.6) is 0 Å². The number of nitrogens with one attached hydrogen (secondary N) is 1. The van der Waals surface area contributed by atoms with Crippen LogP contribution in [0.1, 0.15) is 5.82 Å². The summed E-state index contributed by atoms with van der Waals surface area (Å²) in [7, 11) is 0. The molecule has 0 aliphatic rings. The molecule has 2 aromatic heterocycles. The van der Waals surface area contributed by atoms with Crippen LogP contribution in [0, 0.1) is 11.3 Å². The van der Waals surface area contributed by atoms with Crippen LogP contribution >= 0.6 is 0 Å². The molecule has 0 atom stereocenters. The zero-order chi connectivity index (χ0) is 12.5. The number of nitrogens with zero attached hydrogens (tertiary/aromatic N) is 3. The van der Waals surface area contributed by atoms with E-state index in [2.05, 4.69) is 15.0 Å². The van der Waals surface area contributed by atoms with Crippen molar-refractivity contribution in [3.63, 3.8) is 0 Å². The van der Waals surface area contributed by atoms with Gasteiger partial charge in [0.25, 0.3) is 0 Å². The van der Waals surface area contributed by atoms with Gasteiger partial charge in [-0.25, -0.2) is 14.8 Å². The van der Waals surface area contributed by atoms with E-state index in [1.54, 1.807) is 24.3 Å². The Hall–Kier alpha value is -2.94. The molecule has 0 saturated carbocycles. The highest BCUT2D eigenvalue weighted by molar-refractivity contribution is 5.78. The first-order valence-electron chi connectivity index (χ1n) is 5.13. The van der Waals surface area contributed by atoms with Crippen molar-refractivity contribution in [3.8, 4) is 17.3 Å². The predicted molar refractivity (Wildman–Crippen MR) is 62.6 cm³/mol. The van der Waals surface area contributed by atoms with Gasteiger partial charge in [-0.3, -0.25) is 4.98 Å². The molecule has 1 aromatic carbocycles. The van der Waals surface area contributed by atoms with Crippen LogP contribution in [0.4, 0.5) is 0 Å². The molecule has 0 bridgehead atoms. The van der Waals surface area contributed by atoms with Gasteiger partial charge in [-0.1, -0.05) is 0 Å². The molecule has 3 aromatic rings. The lowest BCUT2D eigenvalue weighted by Crippen LogP contribution is -1.93. The van der Waals surface area contributed by atoms with Gasteiger partial charge in [0, 0.05) is 11.8 Å². The standard InChI is InChI=1S/C12H6N4O2/c13-6-11-14-4-3-8(15-11)7-1-2-10-9(5-7)16-12(17)18-10/h1-5H,(H,16,17). The lowest BCUT2D eigenvalue weighted by atomic mass is 10.1. The Balaban J connectivity index is 2.18. The molecule has 0 aliphatic carbocycles. The van der Waals surface area contributed by atoms with Crippen LogP contribution in [0.2, 0.25) is 0 Å². The second-order valence-corrected chi connectivity index (χ2v) is 3.60. The van der Waals surface area contributed by atoms with Gasteiger partial charge in [0.05, 0.1) is 11.2 Å². The van der Waals surface area contributed by atoms with Gasteiger partial charge in [-0.15, -0.1) is 0 Å². The van der Waals surface area contributed by atoms with Crippen LogP contribution in [0.3, 0.4) is 0 Å². The minimum atomic E-state index is -0.498. The molecule has 86 valence electrons. The fourth-order valence-corrected chi connectivity index (χ4v) is 1.68. The summed E-state index contributed by atoms with van der Waals surface area (Å²) >= 11 is 0. The lowest BCUT2D eigenvalue weighted by Gasteiger charge is -1.99. The molecular formula is C12H6N4O2. The van der Waals surface area contributed by atoms with E-state index in [9.17, 15) is 4.79 Å². The van der Waals surface area contributed by atoms with Crippen molar-refractivity contribution in [2.75, 3.05) is 0 Å². The molecule has 0 amide bonds. The third-order valence-electron chi connectivity index (χ3n) is 2.47. The number of hydrogen-bond acceptors (Lipinski definition) is 5.